The van der Waals surface area contributed by atoms with Gasteiger partial charge >= 0.3 is 5.69 Å². The van der Waals surface area contributed by atoms with Crippen LogP contribution in [0.25, 0.3) is 0 Å². The molecule has 1 aliphatic rings. The van der Waals surface area contributed by atoms with Gasteiger partial charge in [-0.15, -0.1) is 0 Å². The lowest BCUT2D eigenvalue weighted by Gasteiger charge is -2.24. The highest BCUT2D eigenvalue weighted by Gasteiger charge is 2.27. The summed E-state index contributed by atoms with van der Waals surface area (Å²) in [6.45, 7) is 4.56. The number of hydrogen-bond donors (Lipinski definition) is 2. The number of nitrogen functional groups attached to an aromatic ring is 1. The molecule has 0 unspecified atom stereocenters. The lowest BCUT2D eigenvalue weighted by molar-refractivity contribution is 0.0985. The molecule has 0 spiro atoms. The normalized spacial score (nSPS) is 12.2. The van der Waals surface area contributed by atoms with Gasteiger partial charge in [-0.05, 0) is 25.0 Å². The molecule has 0 saturated heterocycles. The second-order valence-electron chi connectivity index (χ2n) is 7.00. The Morgan fingerprint density at radius 3 is 2.67 bits per heavy atom. The first-order valence-electron chi connectivity index (χ1n) is 9.92. The van der Waals surface area contributed by atoms with E-state index in [1.54, 1.807) is 0 Å². The van der Waals surface area contributed by atoms with Crippen LogP contribution in [0.2, 0.25) is 5.02 Å². The molecule has 162 valence electrons. The highest BCUT2D eigenvalue weighted by Crippen LogP contribution is 2.40. The van der Waals surface area contributed by atoms with Crippen LogP contribution in [0.5, 0.6) is 11.5 Å². The van der Waals surface area contributed by atoms with Gasteiger partial charge in [-0.2, -0.15) is 0 Å². The van der Waals surface area contributed by atoms with E-state index in [4.69, 9.17) is 26.8 Å². The van der Waals surface area contributed by atoms with Crippen LogP contribution < -0.4 is 31.4 Å². The number of nitrogens with one attached hydrogen (secondary N) is 1. The molecule has 0 aliphatic carbocycles. The van der Waals surface area contributed by atoms with Gasteiger partial charge in [0, 0.05) is 18.7 Å². The van der Waals surface area contributed by atoms with Crippen molar-refractivity contribution in [1.29, 1.82) is 0 Å². The minimum Gasteiger partial charge on any atom is -0.454 e. The van der Waals surface area contributed by atoms with Crippen LogP contribution in [0.3, 0.4) is 0 Å². The lowest BCUT2D eigenvalue weighted by Crippen LogP contribution is -2.41. The number of nitrogens with zero attached hydrogens (tertiary/aromatic N) is 2. The molecule has 0 fully saturated rings. The smallest absolute Gasteiger partial charge is 0.330 e. The quantitative estimate of drug-likeness (QED) is 0.656. The zero-order chi connectivity index (χ0) is 21.8. The summed E-state index contributed by atoms with van der Waals surface area (Å²) in [5.41, 5.74) is 5.10. The number of halogens is 1. The van der Waals surface area contributed by atoms with Gasteiger partial charge in [-0.3, -0.25) is 19.1 Å². The standard InChI is InChI=1S/C20H25ClN4O5/c1-3-5-7-24(15-17(22)25(8-6-4-2)20(28)23-18(15)26)19(27)12-9-13(21)16-14(10-12)29-11-30-16/h9-10H,3-8,11,22H2,1-2H3,(H,23,26,28). The molecule has 0 atom stereocenters. The van der Waals surface area contributed by atoms with Gasteiger partial charge in [-0.25, -0.2) is 4.79 Å². The Balaban J connectivity index is 2.09. The highest BCUT2D eigenvalue weighted by atomic mass is 35.5. The zero-order valence-electron chi connectivity index (χ0n) is 17.0. The third kappa shape index (κ3) is 4.16. The van der Waals surface area contributed by atoms with Crippen molar-refractivity contribution in [2.24, 2.45) is 0 Å². The number of aromatic amines is 1. The second-order valence-corrected chi connectivity index (χ2v) is 7.41. The maximum atomic E-state index is 13.4. The van der Waals surface area contributed by atoms with Gasteiger partial charge in [0.2, 0.25) is 6.79 Å². The molecule has 3 rings (SSSR count). The summed E-state index contributed by atoms with van der Waals surface area (Å²) in [6.07, 6.45) is 2.97. The summed E-state index contributed by atoms with van der Waals surface area (Å²) in [7, 11) is 0. The molecule has 2 heterocycles. The number of fused-ring (bicyclic) bond motifs is 1. The van der Waals surface area contributed by atoms with Crippen molar-refractivity contribution in [3.8, 4) is 11.5 Å². The first kappa shape index (κ1) is 21.8. The fraction of sp³-hybridized carbons (Fsp3) is 0.450. The van der Waals surface area contributed by atoms with Gasteiger partial charge < -0.3 is 20.1 Å². The molecule has 0 saturated carbocycles. The number of hydrogen-bond acceptors (Lipinski definition) is 6. The minimum absolute atomic E-state index is 0.0151. The minimum atomic E-state index is -0.707. The van der Waals surface area contributed by atoms with E-state index in [9.17, 15) is 14.4 Å². The van der Waals surface area contributed by atoms with E-state index < -0.39 is 17.2 Å². The van der Waals surface area contributed by atoms with Gasteiger partial charge in [0.25, 0.3) is 11.5 Å². The van der Waals surface area contributed by atoms with Crippen molar-refractivity contribution in [3.63, 3.8) is 0 Å². The molecule has 10 heteroatoms. The third-order valence-electron chi connectivity index (χ3n) is 4.87. The number of benzene rings is 1. The van der Waals surface area contributed by atoms with Crippen LogP contribution in [-0.4, -0.2) is 28.8 Å². The number of amides is 1. The Morgan fingerprint density at radius 2 is 1.97 bits per heavy atom. The number of unbranched alkanes of at least 4 members (excludes halogenated alkanes) is 2. The molecule has 3 N–H and O–H groups in total. The maximum absolute atomic E-state index is 13.4. The largest absolute Gasteiger partial charge is 0.454 e. The maximum Gasteiger partial charge on any atom is 0.330 e. The van der Waals surface area contributed by atoms with E-state index in [0.29, 0.717) is 30.9 Å². The van der Waals surface area contributed by atoms with Crippen LogP contribution in [0.15, 0.2) is 21.7 Å². The van der Waals surface area contributed by atoms with Gasteiger partial charge in [0.1, 0.15) is 5.82 Å². The summed E-state index contributed by atoms with van der Waals surface area (Å²) >= 11 is 6.23. The number of nitrogens with two attached hydrogens (primary N) is 1. The highest BCUT2D eigenvalue weighted by molar-refractivity contribution is 6.33. The summed E-state index contributed by atoms with van der Waals surface area (Å²) in [4.78, 5) is 41.9. The Bertz CT molecular complexity index is 1060. The van der Waals surface area contributed by atoms with E-state index in [2.05, 4.69) is 4.98 Å². The molecule has 1 amide bonds. The van der Waals surface area contributed by atoms with Crippen molar-refractivity contribution in [2.75, 3.05) is 24.0 Å². The van der Waals surface area contributed by atoms with Gasteiger partial charge in [-0.1, -0.05) is 38.3 Å². The number of H-pyrrole nitrogens is 1. The first-order valence-corrected chi connectivity index (χ1v) is 10.3. The Hall–Kier alpha value is -2.94. The van der Waals surface area contributed by atoms with Gasteiger partial charge in [0.05, 0.1) is 5.02 Å². The average molecular weight is 437 g/mol. The van der Waals surface area contributed by atoms with Crippen molar-refractivity contribution >= 4 is 29.0 Å². The molecule has 1 aromatic carbocycles. The van der Waals surface area contributed by atoms with Crippen molar-refractivity contribution in [2.45, 2.75) is 46.1 Å². The molecule has 1 aliphatic heterocycles. The number of carbonyl (C=O) groups is 1. The second kappa shape index (κ2) is 9.25. The SMILES string of the molecule is CCCCN(C(=O)c1cc(Cl)c2c(c1)OCO2)c1c(N)n(CCCC)c(=O)[nH]c1=O. The summed E-state index contributed by atoms with van der Waals surface area (Å²) in [6, 6.07) is 2.99. The fourth-order valence-electron chi connectivity index (χ4n) is 3.25. The number of aromatic nitrogens is 2. The Morgan fingerprint density at radius 1 is 1.23 bits per heavy atom. The number of carbonyl (C=O) groups excluding carboxylic acids is 1. The summed E-state index contributed by atoms with van der Waals surface area (Å²) in [5.74, 6) is 0.227. The van der Waals surface area contributed by atoms with Crippen LogP contribution >= 0.6 is 11.6 Å². The monoisotopic (exact) mass is 436 g/mol. The van der Waals surface area contributed by atoms with Crippen LogP contribution in [-0.2, 0) is 6.54 Å². The van der Waals surface area contributed by atoms with E-state index in [1.165, 1.54) is 21.6 Å². The van der Waals surface area contributed by atoms with Crippen LogP contribution in [0, 0.1) is 0 Å². The summed E-state index contributed by atoms with van der Waals surface area (Å²) < 4.78 is 11.9. The Kier molecular flexibility index (Phi) is 6.71. The first-order chi connectivity index (χ1) is 14.4. The predicted octanol–water partition coefficient (Wildman–Crippen LogP) is 2.75. The number of anilines is 2. The Labute approximate surface area is 178 Å². The van der Waals surface area contributed by atoms with E-state index in [0.717, 1.165) is 12.8 Å². The molecule has 0 radical (unpaired) electrons. The molecule has 1 aromatic heterocycles. The van der Waals surface area contributed by atoms with E-state index in [1.807, 2.05) is 13.8 Å². The van der Waals surface area contributed by atoms with E-state index in [-0.39, 0.29) is 35.4 Å². The van der Waals surface area contributed by atoms with Crippen LogP contribution in [0.1, 0.15) is 49.9 Å². The molecular weight excluding hydrogens is 412 g/mol. The van der Waals surface area contributed by atoms with Crippen molar-refractivity contribution < 1.29 is 14.3 Å². The number of rotatable bonds is 8. The molecular formula is C20H25ClN4O5. The molecule has 0 bridgehead atoms. The third-order valence-corrected chi connectivity index (χ3v) is 5.15. The van der Waals surface area contributed by atoms with Crippen LogP contribution in [0.4, 0.5) is 11.5 Å². The predicted molar refractivity (Wildman–Crippen MR) is 115 cm³/mol. The summed E-state index contributed by atoms with van der Waals surface area (Å²) in [5, 5.41) is 0.235. The number of ether oxygens (including phenoxy) is 2. The molecule has 2 aromatic rings. The lowest BCUT2D eigenvalue weighted by atomic mass is 10.1. The molecule has 9 nitrogen and oxygen atoms in total. The average Bonchev–Trinajstić information content (AvgIpc) is 3.19. The fourth-order valence-corrected chi connectivity index (χ4v) is 3.52. The van der Waals surface area contributed by atoms with Gasteiger partial charge in [0.15, 0.2) is 17.2 Å². The van der Waals surface area contributed by atoms with Crippen molar-refractivity contribution in [1.82, 2.24) is 9.55 Å². The molecule has 30 heavy (non-hydrogen) atoms. The zero-order valence-corrected chi connectivity index (χ0v) is 17.8. The van der Waals surface area contributed by atoms with E-state index >= 15 is 0 Å². The van der Waals surface area contributed by atoms with Crippen molar-refractivity contribution in [3.05, 3.63) is 43.6 Å². The topological polar surface area (TPSA) is 120 Å².